The van der Waals surface area contributed by atoms with Crippen LogP contribution in [0.5, 0.6) is 0 Å². The molecule has 10 heavy (non-hydrogen) atoms. The normalized spacial score (nSPS) is 11.0. The van der Waals surface area contributed by atoms with Crippen LogP contribution in [0.4, 0.5) is 4.39 Å². The summed E-state index contributed by atoms with van der Waals surface area (Å²) in [5.41, 5.74) is 1.34. The first-order chi connectivity index (χ1) is 4.59. The van der Waals surface area contributed by atoms with E-state index in [1.807, 2.05) is 0 Å². The summed E-state index contributed by atoms with van der Waals surface area (Å²) < 4.78 is 12.9. The monoisotopic (exact) mass is 140 g/mol. The first-order valence-corrected chi connectivity index (χ1v) is 3.22. The van der Waals surface area contributed by atoms with E-state index < -0.39 is 0 Å². The van der Waals surface area contributed by atoms with E-state index in [-0.39, 0.29) is 5.83 Å². The predicted octanol–water partition coefficient (Wildman–Crippen LogP) is 3.38. The quantitative estimate of drug-likeness (QED) is 0.516. The van der Waals surface area contributed by atoms with Crippen molar-refractivity contribution in [2.75, 3.05) is 0 Å². The molecule has 0 saturated heterocycles. The zero-order chi connectivity index (χ0) is 8.15. The Balaban J connectivity index is 4.51. The summed E-state index contributed by atoms with van der Waals surface area (Å²) >= 11 is 0. The maximum absolute atomic E-state index is 12.9. The van der Waals surface area contributed by atoms with Crippen molar-refractivity contribution < 1.29 is 4.39 Å². The van der Waals surface area contributed by atoms with Crippen molar-refractivity contribution in [2.24, 2.45) is 0 Å². The van der Waals surface area contributed by atoms with E-state index in [4.69, 9.17) is 0 Å². The highest BCUT2D eigenvalue weighted by atomic mass is 19.1. The number of rotatable bonds is 2. The SMILES string of the molecule is C=C/C=C(/C)C(F)=C(C)C. The lowest BCUT2D eigenvalue weighted by atomic mass is 10.2. The first-order valence-electron chi connectivity index (χ1n) is 3.22. The second-order valence-corrected chi connectivity index (χ2v) is 2.40. The Morgan fingerprint density at radius 2 is 1.80 bits per heavy atom. The third kappa shape index (κ3) is 2.62. The van der Waals surface area contributed by atoms with Crippen LogP contribution in [0.1, 0.15) is 20.8 Å². The molecule has 0 spiro atoms. The van der Waals surface area contributed by atoms with Crippen LogP contribution in [0.2, 0.25) is 0 Å². The Morgan fingerprint density at radius 1 is 1.30 bits per heavy atom. The molecule has 0 N–H and O–H groups in total. The molecule has 0 fully saturated rings. The fourth-order valence-corrected chi connectivity index (χ4v) is 0.644. The smallest absolute Gasteiger partial charge is 0.124 e. The predicted molar refractivity (Wildman–Crippen MR) is 43.4 cm³/mol. The van der Waals surface area contributed by atoms with Gasteiger partial charge in [-0.3, -0.25) is 0 Å². The summed E-state index contributed by atoms with van der Waals surface area (Å²) in [5.74, 6) is -0.139. The van der Waals surface area contributed by atoms with E-state index in [1.54, 1.807) is 32.9 Å². The van der Waals surface area contributed by atoms with E-state index in [1.165, 1.54) is 0 Å². The van der Waals surface area contributed by atoms with E-state index in [0.717, 1.165) is 0 Å². The van der Waals surface area contributed by atoms with Crippen LogP contribution in [0, 0.1) is 0 Å². The Morgan fingerprint density at radius 3 is 2.10 bits per heavy atom. The van der Waals surface area contributed by atoms with E-state index in [0.29, 0.717) is 11.1 Å². The molecule has 0 aliphatic carbocycles. The van der Waals surface area contributed by atoms with E-state index >= 15 is 0 Å². The largest absolute Gasteiger partial charge is 0.207 e. The molecule has 0 aromatic carbocycles. The summed E-state index contributed by atoms with van der Waals surface area (Å²) in [7, 11) is 0. The van der Waals surface area contributed by atoms with Crippen LogP contribution >= 0.6 is 0 Å². The molecule has 0 bridgehead atoms. The highest BCUT2D eigenvalue weighted by molar-refractivity contribution is 5.29. The van der Waals surface area contributed by atoms with Gasteiger partial charge in [0, 0.05) is 0 Å². The minimum atomic E-state index is -0.139. The molecule has 0 radical (unpaired) electrons. The van der Waals surface area contributed by atoms with Crippen LogP contribution in [0.25, 0.3) is 0 Å². The van der Waals surface area contributed by atoms with Gasteiger partial charge in [-0.25, -0.2) is 4.39 Å². The van der Waals surface area contributed by atoms with Gasteiger partial charge < -0.3 is 0 Å². The number of allylic oxidation sites excluding steroid dienone is 5. The van der Waals surface area contributed by atoms with Crippen molar-refractivity contribution in [1.82, 2.24) is 0 Å². The zero-order valence-electron chi connectivity index (χ0n) is 6.74. The van der Waals surface area contributed by atoms with Crippen LogP contribution in [0.3, 0.4) is 0 Å². The molecule has 0 atom stereocenters. The number of hydrogen-bond donors (Lipinski definition) is 0. The Labute approximate surface area is 61.8 Å². The summed E-state index contributed by atoms with van der Waals surface area (Å²) in [6.45, 7) is 8.69. The molecule has 56 valence electrons. The Kier molecular flexibility index (Phi) is 3.70. The van der Waals surface area contributed by atoms with Crippen molar-refractivity contribution >= 4 is 0 Å². The molecule has 0 unspecified atom stereocenters. The van der Waals surface area contributed by atoms with Crippen molar-refractivity contribution in [1.29, 1.82) is 0 Å². The highest BCUT2D eigenvalue weighted by Gasteiger charge is 1.97. The molecule has 0 saturated carbocycles. The van der Waals surface area contributed by atoms with Gasteiger partial charge >= 0.3 is 0 Å². The van der Waals surface area contributed by atoms with Crippen LogP contribution < -0.4 is 0 Å². The Hall–Kier alpha value is -0.850. The molecule has 0 aromatic rings. The summed E-state index contributed by atoms with van der Waals surface area (Å²) in [4.78, 5) is 0. The topological polar surface area (TPSA) is 0 Å². The molecular weight excluding hydrogens is 127 g/mol. The third-order valence-corrected chi connectivity index (χ3v) is 1.15. The van der Waals surface area contributed by atoms with Gasteiger partial charge in [0.25, 0.3) is 0 Å². The molecule has 0 nitrogen and oxygen atoms in total. The summed E-state index contributed by atoms with van der Waals surface area (Å²) in [5, 5.41) is 0. The second-order valence-electron chi connectivity index (χ2n) is 2.40. The van der Waals surface area contributed by atoms with Crippen molar-refractivity contribution in [3.63, 3.8) is 0 Å². The lowest BCUT2D eigenvalue weighted by Gasteiger charge is -1.96. The van der Waals surface area contributed by atoms with Crippen molar-refractivity contribution in [3.8, 4) is 0 Å². The van der Waals surface area contributed by atoms with Gasteiger partial charge in [-0.2, -0.15) is 0 Å². The summed E-state index contributed by atoms with van der Waals surface area (Å²) in [6, 6.07) is 0. The number of hydrogen-bond acceptors (Lipinski definition) is 0. The van der Waals surface area contributed by atoms with Crippen LogP contribution in [-0.2, 0) is 0 Å². The van der Waals surface area contributed by atoms with Gasteiger partial charge in [-0.1, -0.05) is 18.7 Å². The van der Waals surface area contributed by atoms with Gasteiger partial charge in [0.05, 0.1) is 0 Å². The fraction of sp³-hybridized carbons (Fsp3) is 0.333. The average Bonchev–Trinajstić information content (AvgIpc) is 1.87. The molecular formula is C9H13F. The van der Waals surface area contributed by atoms with Crippen LogP contribution in [0.15, 0.2) is 35.7 Å². The average molecular weight is 140 g/mol. The van der Waals surface area contributed by atoms with E-state index in [2.05, 4.69) is 6.58 Å². The molecule has 0 rings (SSSR count). The van der Waals surface area contributed by atoms with Gasteiger partial charge in [0.1, 0.15) is 5.83 Å². The minimum Gasteiger partial charge on any atom is -0.207 e. The number of halogens is 1. The molecule has 0 aliphatic heterocycles. The van der Waals surface area contributed by atoms with Crippen LogP contribution in [-0.4, -0.2) is 0 Å². The molecule has 0 heterocycles. The maximum atomic E-state index is 12.9. The summed E-state index contributed by atoms with van der Waals surface area (Å²) in [6.07, 6.45) is 3.24. The van der Waals surface area contributed by atoms with Crippen molar-refractivity contribution in [2.45, 2.75) is 20.8 Å². The zero-order valence-corrected chi connectivity index (χ0v) is 6.74. The van der Waals surface area contributed by atoms with Gasteiger partial charge in [0.15, 0.2) is 0 Å². The van der Waals surface area contributed by atoms with Gasteiger partial charge in [0.2, 0.25) is 0 Å². The Bertz CT molecular complexity index is 181. The standard InChI is InChI=1S/C9H13F/c1-5-6-8(4)9(10)7(2)3/h5-6H,1H2,2-4H3/b8-6-. The maximum Gasteiger partial charge on any atom is 0.124 e. The van der Waals surface area contributed by atoms with E-state index in [9.17, 15) is 4.39 Å². The third-order valence-electron chi connectivity index (χ3n) is 1.15. The minimum absolute atomic E-state index is 0.139. The van der Waals surface area contributed by atoms with Crippen molar-refractivity contribution in [3.05, 3.63) is 35.7 Å². The molecule has 0 aromatic heterocycles. The first kappa shape index (κ1) is 9.15. The second kappa shape index (κ2) is 4.04. The highest BCUT2D eigenvalue weighted by Crippen LogP contribution is 2.14. The van der Waals surface area contributed by atoms with Gasteiger partial charge in [-0.05, 0) is 31.9 Å². The molecule has 0 amide bonds. The lowest BCUT2D eigenvalue weighted by molar-refractivity contribution is 0.639. The molecule has 1 heteroatoms. The fourth-order valence-electron chi connectivity index (χ4n) is 0.644. The molecule has 0 aliphatic rings. The van der Waals surface area contributed by atoms with Gasteiger partial charge in [-0.15, -0.1) is 0 Å². The lowest BCUT2D eigenvalue weighted by Crippen LogP contribution is -1.79.